The highest BCUT2D eigenvalue weighted by Crippen LogP contribution is 2.21. The summed E-state index contributed by atoms with van der Waals surface area (Å²) in [7, 11) is 2.06. The predicted octanol–water partition coefficient (Wildman–Crippen LogP) is 1.34. The Morgan fingerprint density at radius 2 is 2.13 bits per heavy atom. The number of rotatable bonds is 3. The van der Waals surface area contributed by atoms with Gasteiger partial charge >= 0.3 is 0 Å². The van der Waals surface area contributed by atoms with Gasteiger partial charge in [-0.15, -0.1) is 0 Å². The number of hydrogen-bond acceptors (Lipinski definition) is 3. The average molecular weight is 214 g/mol. The predicted molar refractivity (Wildman–Crippen MR) is 64.2 cm³/mol. The summed E-state index contributed by atoms with van der Waals surface area (Å²) in [6.45, 7) is 13.1. The van der Waals surface area contributed by atoms with Gasteiger partial charge in [0.2, 0.25) is 0 Å². The highest BCUT2D eigenvalue weighted by molar-refractivity contribution is 4.84. The number of morpholine rings is 1. The molecule has 1 rings (SSSR count). The summed E-state index contributed by atoms with van der Waals surface area (Å²) < 4.78 is 5.45. The molecule has 1 aliphatic rings. The normalized spacial score (nSPS) is 26.6. The van der Waals surface area contributed by atoms with Crippen LogP contribution in [0.5, 0.6) is 0 Å². The molecule has 1 N–H and O–H groups in total. The maximum absolute atomic E-state index is 5.45. The molecular formula is C12H26N2O. The molecule has 3 nitrogen and oxygen atoms in total. The molecule has 1 heterocycles. The van der Waals surface area contributed by atoms with Crippen LogP contribution in [-0.2, 0) is 4.74 Å². The van der Waals surface area contributed by atoms with E-state index < -0.39 is 0 Å². The first-order valence-corrected chi connectivity index (χ1v) is 5.94. The third-order valence-corrected chi connectivity index (χ3v) is 3.32. The molecule has 15 heavy (non-hydrogen) atoms. The van der Waals surface area contributed by atoms with Gasteiger partial charge in [0.05, 0.1) is 13.2 Å². The van der Waals surface area contributed by atoms with Crippen LogP contribution in [0.2, 0.25) is 0 Å². The molecule has 0 bridgehead atoms. The van der Waals surface area contributed by atoms with Gasteiger partial charge in [0.15, 0.2) is 0 Å². The van der Waals surface area contributed by atoms with Gasteiger partial charge in [-0.25, -0.2) is 0 Å². The monoisotopic (exact) mass is 214 g/mol. The molecule has 1 fully saturated rings. The van der Waals surface area contributed by atoms with E-state index in [0.29, 0.717) is 17.5 Å². The Morgan fingerprint density at radius 1 is 1.47 bits per heavy atom. The van der Waals surface area contributed by atoms with E-state index in [2.05, 4.69) is 45.0 Å². The average Bonchev–Trinajstić information content (AvgIpc) is 2.14. The van der Waals surface area contributed by atoms with E-state index in [0.717, 1.165) is 26.3 Å². The SMILES string of the molecule is CNC(CN1CCOCC1C)C(C)(C)C. The standard InChI is InChI=1S/C12H26N2O/c1-10-9-15-7-6-14(10)8-11(13-5)12(2,3)4/h10-11,13H,6-9H2,1-5H3. The lowest BCUT2D eigenvalue weighted by atomic mass is 9.86. The number of hydrogen-bond donors (Lipinski definition) is 1. The molecule has 0 aliphatic carbocycles. The molecule has 0 aromatic carbocycles. The molecule has 0 amide bonds. The van der Waals surface area contributed by atoms with Crippen molar-refractivity contribution in [3.05, 3.63) is 0 Å². The molecular weight excluding hydrogens is 188 g/mol. The topological polar surface area (TPSA) is 24.5 Å². The van der Waals surface area contributed by atoms with Crippen LogP contribution in [0.25, 0.3) is 0 Å². The Hall–Kier alpha value is -0.120. The first kappa shape index (κ1) is 12.9. The van der Waals surface area contributed by atoms with Crippen molar-refractivity contribution < 1.29 is 4.74 Å². The van der Waals surface area contributed by atoms with Gasteiger partial charge in [0, 0.05) is 25.2 Å². The molecule has 90 valence electrons. The highest BCUT2D eigenvalue weighted by Gasteiger charge is 2.28. The van der Waals surface area contributed by atoms with Crippen LogP contribution in [0, 0.1) is 5.41 Å². The summed E-state index contributed by atoms with van der Waals surface area (Å²) >= 11 is 0. The maximum Gasteiger partial charge on any atom is 0.0619 e. The summed E-state index contributed by atoms with van der Waals surface area (Å²) in [6, 6.07) is 1.09. The third kappa shape index (κ3) is 3.74. The van der Waals surface area contributed by atoms with E-state index in [1.807, 2.05) is 0 Å². The van der Waals surface area contributed by atoms with Crippen molar-refractivity contribution in [3.8, 4) is 0 Å². The second-order valence-electron chi connectivity index (χ2n) is 5.63. The number of nitrogens with one attached hydrogen (secondary N) is 1. The van der Waals surface area contributed by atoms with E-state index in [-0.39, 0.29) is 0 Å². The molecule has 0 saturated carbocycles. The Bertz CT molecular complexity index is 189. The van der Waals surface area contributed by atoms with E-state index in [4.69, 9.17) is 4.74 Å². The molecule has 0 aromatic rings. The van der Waals surface area contributed by atoms with Crippen molar-refractivity contribution in [1.82, 2.24) is 10.2 Å². The lowest BCUT2D eigenvalue weighted by Gasteiger charge is -2.39. The van der Waals surface area contributed by atoms with E-state index >= 15 is 0 Å². The van der Waals surface area contributed by atoms with Crippen LogP contribution in [0.3, 0.4) is 0 Å². The Morgan fingerprint density at radius 3 is 2.60 bits per heavy atom. The summed E-state index contributed by atoms with van der Waals surface area (Å²) in [4.78, 5) is 2.52. The zero-order valence-corrected chi connectivity index (χ0v) is 10.8. The van der Waals surface area contributed by atoms with Gasteiger partial charge in [0.1, 0.15) is 0 Å². The fourth-order valence-electron chi connectivity index (χ4n) is 2.07. The maximum atomic E-state index is 5.45. The Kier molecular flexibility index (Phi) is 4.56. The van der Waals surface area contributed by atoms with Gasteiger partial charge in [0.25, 0.3) is 0 Å². The molecule has 1 aliphatic heterocycles. The largest absolute Gasteiger partial charge is 0.379 e. The van der Waals surface area contributed by atoms with Crippen molar-refractivity contribution in [3.63, 3.8) is 0 Å². The third-order valence-electron chi connectivity index (χ3n) is 3.32. The molecule has 0 radical (unpaired) electrons. The van der Waals surface area contributed by atoms with Crippen LogP contribution in [0.15, 0.2) is 0 Å². The van der Waals surface area contributed by atoms with Crippen LogP contribution in [0.4, 0.5) is 0 Å². The van der Waals surface area contributed by atoms with Crippen molar-refractivity contribution in [1.29, 1.82) is 0 Å². The quantitative estimate of drug-likeness (QED) is 0.767. The van der Waals surface area contributed by atoms with Crippen LogP contribution >= 0.6 is 0 Å². The molecule has 0 aromatic heterocycles. The minimum absolute atomic E-state index is 0.312. The van der Waals surface area contributed by atoms with E-state index in [1.54, 1.807) is 0 Å². The van der Waals surface area contributed by atoms with Crippen LogP contribution < -0.4 is 5.32 Å². The molecule has 1 saturated heterocycles. The first-order chi connectivity index (χ1) is 6.95. The summed E-state index contributed by atoms with van der Waals surface area (Å²) in [6.07, 6.45) is 0. The van der Waals surface area contributed by atoms with Crippen molar-refractivity contribution in [2.75, 3.05) is 33.4 Å². The molecule has 0 spiro atoms. The summed E-state index contributed by atoms with van der Waals surface area (Å²) in [5.41, 5.74) is 0.312. The minimum atomic E-state index is 0.312. The molecule has 2 unspecified atom stereocenters. The second kappa shape index (κ2) is 5.28. The van der Waals surface area contributed by atoms with Crippen LogP contribution in [0.1, 0.15) is 27.7 Å². The number of ether oxygens (including phenoxy) is 1. The van der Waals surface area contributed by atoms with Gasteiger partial charge in [-0.1, -0.05) is 20.8 Å². The number of nitrogens with zero attached hydrogens (tertiary/aromatic N) is 1. The molecule has 2 atom stereocenters. The van der Waals surface area contributed by atoms with Crippen molar-refractivity contribution >= 4 is 0 Å². The first-order valence-electron chi connectivity index (χ1n) is 5.94. The fraction of sp³-hybridized carbons (Fsp3) is 1.00. The van der Waals surface area contributed by atoms with Gasteiger partial charge in [-0.2, -0.15) is 0 Å². The van der Waals surface area contributed by atoms with Gasteiger partial charge in [-0.05, 0) is 19.4 Å². The van der Waals surface area contributed by atoms with E-state index in [9.17, 15) is 0 Å². The van der Waals surface area contributed by atoms with Crippen molar-refractivity contribution in [2.45, 2.75) is 39.8 Å². The van der Waals surface area contributed by atoms with Gasteiger partial charge < -0.3 is 10.1 Å². The minimum Gasteiger partial charge on any atom is -0.379 e. The summed E-state index contributed by atoms with van der Waals surface area (Å²) in [5.74, 6) is 0. The fourth-order valence-corrected chi connectivity index (χ4v) is 2.07. The van der Waals surface area contributed by atoms with E-state index in [1.165, 1.54) is 0 Å². The zero-order valence-electron chi connectivity index (χ0n) is 10.8. The Labute approximate surface area is 94.2 Å². The van der Waals surface area contributed by atoms with Gasteiger partial charge in [-0.3, -0.25) is 4.90 Å². The number of likely N-dealkylation sites (N-methyl/N-ethyl adjacent to an activating group) is 1. The second-order valence-corrected chi connectivity index (χ2v) is 5.63. The lowest BCUT2D eigenvalue weighted by molar-refractivity contribution is -0.00994. The van der Waals surface area contributed by atoms with Crippen LogP contribution in [-0.4, -0.2) is 50.3 Å². The Balaban J connectivity index is 2.50. The lowest BCUT2D eigenvalue weighted by Crippen LogP contribution is -2.53. The zero-order chi connectivity index (χ0) is 11.5. The highest BCUT2D eigenvalue weighted by atomic mass is 16.5. The summed E-state index contributed by atoms with van der Waals surface area (Å²) in [5, 5.41) is 3.43. The molecule has 3 heteroatoms. The smallest absolute Gasteiger partial charge is 0.0619 e. The van der Waals surface area contributed by atoms with Crippen molar-refractivity contribution in [2.24, 2.45) is 5.41 Å².